The van der Waals surface area contributed by atoms with Crippen LogP contribution in [0.4, 0.5) is 0 Å². The van der Waals surface area contributed by atoms with Crippen molar-refractivity contribution < 1.29 is 9.69 Å². The van der Waals surface area contributed by atoms with Gasteiger partial charge in [-0.1, -0.05) is 23.9 Å². The number of nitrogens with one attached hydrogen (secondary N) is 3. The molecule has 1 atom stereocenters. The summed E-state index contributed by atoms with van der Waals surface area (Å²) in [5, 5.41) is 0. The van der Waals surface area contributed by atoms with E-state index in [1.807, 2.05) is 24.3 Å². The van der Waals surface area contributed by atoms with Crippen LogP contribution < -0.4 is 15.8 Å². The number of quaternary nitrogens is 1. The molecule has 7 heteroatoms. The number of thiazole rings is 1. The average molecular weight is 335 g/mol. The number of hydrazine groups is 1. The first-order valence-electron chi connectivity index (χ1n) is 7.24. The number of fused-ring (bicyclic) bond motifs is 1. The van der Waals surface area contributed by atoms with Crippen LogP contribution in [0, 0.1) is 0 Å². The summed E-state index contributed by atoms with van der Waals surface area (Å²) in [5.41, 5.74) is 7.88. The van der Waals surface area contributed by atoms with Crippen LogP contribution in [0.5, 0.6) is 0 Å². The third kappa shape index (κ3) is 4.00. The van der Waals surface area contributed by atoms with Crippen molar-refractivity contribution in [3.8, 4) is 0 Å². The van der Waals surface area contributed by atoms with Crippen LogP contribution in [0.3, 0.4) is 0 Å². The Labute approximate surface area is 137 Å². The quantitative estimate of drug-likeness (QED) is 0.559. The number of hydrogen-bond acceptors (Lipinski definition) is 5. The van der Waals surface area contributed by atoms with Crippen molar-refractivity contribution in [2.24, 2.45) is 0 Å². The number of aromatic nitrogens is 1. The number of para-hydroxylation sites is 1. The summed E-state index contributed by atoms with van der Waals surface area (Å²) in [6.45, 7) is 2.09. The van der Waals surface area contributed by atoms with Crippen LogP contribution in [0.1, 0.15) is 6.42 Å². The molecular weight excluding hydrogens is 316 g/mol. The largest absolute Gasteiger partial charge is 0.334 e. The SMILES string of the molecule is C[NH+]1CC=C(NNC(=O)CSc2nc3ccccc3s2)CC1. The second kappa shape index (κ2) is 7.13. The van der Waals surface area contributed by atoms with E-state index in [0.717, 1.165) is 39.8 Å². The summed E-state index contributed by atoms with van der Waals surface area (Å²) in [7, 11) is 2.17. The van der Waals surface area contributed by atoms with Crippen molar-refractivity contribution in [3.05, 3.63) is 36.0 Å². The number of benzene rings is 1. The Morgan fingerprint density at radius 2 is 2.32 bits per heavy atom. The van der Waals surface area contributed by atoms with Crippen molar-refractivity contribution in [3.63, 3.8) is 0 Å². The molecule has 116 valence electrons. The van der Waals surface area contributed by atoms with Gasteiger partial charge in [-0.25, -0.2) is 4.98 Å². The lowest BCUT2D eigenvalue weighted by Crippen LogP contribution is -3.09. The number of carbonyl (C=O) groups is 1. The standard InChI is InChI=1S/C15H18N4OS2/c1-19-8-6-11(7-9-19)17-18-14(20)10-21-15-16-12-4-2-3-5-13(12)22-15/h2-6,17H,7-10H2,1H3,(H,18,20)/p+1. The van der Waals surface area contributed by atoms with Crippen LogP contribution in [-0.2, 0) is 4.79 Å². The minimum atomic E-state index is -0.0311. The summed E-state index contributed by atoms with van der Waals surface area (Å²) in [5.74, 6) is 0.335. The van der Waals surface area contributed by atoms with Gasteiger partial charge in [0.15, 0.2) is 4.34 Å². The molecule has 2 heterocycles. The van der Waals surface area contributed by atoms with E-state index in [2.05, 4.69) is 29.0 Å². The third-order valence-electron chi connectivity index (χ3n) is 3.48. The molecule has 2 aromatic rings. The summed E-state index contributed by atoms with van der Waals surface area (Å²) < 4.78 is 2.08. The van der Waals surface area contributed by atoms with Crippen molar-refractivity contribution >= 4 is 39.2 Å². The predicted octanol–water partition coefficient (Wildman–Crippen LogP) is 0.812. The van der Waals surface area contributed by atoms with Gasteiger partial charge in [-0.3, -0.25) is 10.2 Å². The molecule has 1 aromatic heterocycles. The van der Waals surface area contributed by atoms with Gasteiger partial charge >= 0.3 is 0 Å². The average Bonchev–Trinajstić information content (AvgIpc) is 2.95. The first-order chi connectivity index (χ1) is 10.7. The first kappa shape index (κ1) is 15.3. The van der Waals surface area contributed by atoms with Gasteiger partial charge in [0, 0.05) is 12.1 Å². The van der Waals surface area contributed by atoms with Gasteiger partial charge < -0.3 is 10.3 Å². The van der Waals surface area contributed by atoms with Crippen molar-refractivity contribution in [1.82, 2.24) is 15.8 Å². The normalized spacial score (nSPS) is 18.0. The zero-order chi connectivity index (χ0) is 15.4. The molecular formula is C15H19N4OS2+. The van der Waals surface area contributed by atoms with Gasteiger partial charge in [0.25, 0.3) is 0 Å². The molecule has 1 aromatic carbocycles. The fraction of sp³-hybridized carbons (Fsp3) is 0.333. The first-order valence-corrected chi connectivity index (χ1v) is 9.04. The highest BCUT2D eigenvalue weighted by atomic mass is 32.2. The summed E-state index contributed by atoms with van der Waals surface area (Å²) in [6, 6.07) is 8.02. The Bertz CT molecular complexity index is 665. The predicted molar refractivity (Wildman–Crippen MR) is 90.9 cm³/mol. The number of carbonyl (C=O) groups excluding carboxylic acids is 1. The van der Waals surface area contributed by atoms with Crippen LogP contribution in [0.25, 0.3) is 10.2 Å². The number of likely N-dealkylation sites (N-methyl/N-ethyl adjacent to an activating group) is 1. The lowest BCUT2D eigenvalue weighted by molar-refractivity contribution is -0.875. The Morgan fingerprint density at radius 3 is 3.09 bits per heavy atom. The van der Waals surface area contributed by atoms with E-state index in [0.29, 0.717) is 5.75 Å². The summed E-state index contributed by atoms with van der Waals surface area (Å²) >= 11 is 3.10. The molecule has 3 rings (SSSR count). The van der Waals surface area contributed by atoms with Crippen LogP contribution in [0.15, 0.2) is 40.4 Å². The topological polar surface area (TPSA) is 58.5 Å². The highest BCUT2D eigenvalue weighted by Crippen LogP contribution is 2.28. The molecule has 0 spiro atoms. The number of hydrogen-bond donors (Lipinski definition) is 3. The van der Waals surface area contributed by atoms with E-state index in [4.69, 9.17) is 0 Å². The van der Waals surface area contributed by atoms with E-state index in [9.17, 15) is 4.79 Å². The van der Waals surface area contributed by atoms with Crippen LogP contribution in [0.2, 0.25) is 0 Å². The smallest absolute Gasteiger partial charge is 0.248 e. The van der Waals surface area contributed by atoms with Gasteiger partial charge in [0.1, 0.15) is 0 Å². The molecule has 1 unspecified atom stereocenters. The minimum Gasteiger partial charge on any atom is -0.334 e. The molecule has 0 aliphatic carbocycles. The van der Waals surface area contributed by atoms with Gasteiger partial charge in [-0.15, -0.1) is 11.3 Å². The Morgan fingerprint density at radius 1 is 1.45 bits per heavy atom. The maximum atomic E-state index is 11.9. The van der Waals surface area contributed by atoms with E-state index < -0.39 is 0 Å². The Kier molecular flexibility index (Phi) is 4.97. The molecule has 1 aliphatic heterocycles. The monoisotopic (exact) mass is 335 g/mol. The van der Waals surface area contributed by atoms with Gasteiger partial charge in [0.2, 0.25) is 5.91 Å². The van der Waals surface area contributed by atoms with E-state index in [-0.39, 0.29) is 5.91 Å². The fourth-order valence-corrected chi connectivity index (χ4v) is 4.06. The number of nitrogens with zero attached hydrogens (tertiary/aromatic N) is 1. The molecule has 0 radical (unpaired) electrons. The summed E-state index contributed by atoms with van der Waals surface area (Å²) in [4.78, 5) is 17.9. The number of rotatable bonds is 5. The Hall–Kier alpha value is -1.57. The zero-order valence-electron chi connectivity index (χ0n) is 12.4. The molecule has 3 N–H and O–H groups in total. The second-order valence-electron chi connectivity index (χ2n) is 5.30. The van der Waals surface area contributed by atoms with Gasteiger partial charge in [-0.05, 0) is 18.2 Å². The lowest BCUT2D eigenvalue weighted by Gasteiger charge is -2.20. The molecule has 0 saturated carbocycles. The van der Waals surface area contributed by atoms with Crippen LogP contribution >= 0.6 is 23.1 Å². The number of amides is 1. The summed E-state index contributed by atoms with van der Waals surface area (Å²) in [6.07, 6.45) is 3.11. The van der Waals surface area contributed by atoms with E-state index in [1.165, 1.54) is 16.7 Å². The number of thioether (sulfide) groups is 1. The fourth-order valence-electron chi connectivity index (χ4n) is 2.19. The molecule has 22 heavy (non-hydrogen) atoms. The second-order valence-corrected chi connectivity index (χ2v) is 7.55. The van der Waals surface area contributed by atoms with Crippen molar-refractivity contribution in [2.75, 3.05) is 25.9 Å². The zero-order valence-corrected chi connectivity index (χ0v) is 14.0. The van der Waals surface area contributed by atoms with Crippen molar-refractivity contribution in [2.45, 2.75) is 10.8 Å². The van der Waals surface area contributed by atoms with E-state index in [1.54, 1.807) is 11.3 Å². The van der Waals surface area contributed by atoms with Crippen molar-refractivity contribution in [1.29, 1.82) is 0 Å². The molecule has 1 aliphatic rings. The molecule has 1 amide bonds. The van der Waals surface area contributed by atoms with E-state index >= 15 is 0 Å². The Balaban J connectivity index is 1.46. The van der Waals surface area contributed by atoms with Gasteiger partial charge in [0.05, 0.1) is 36.1 Å². The van der Waals surface area contributed by atoms with Gasteiger partial charge in [-0.2, -0.15) is 0 Å². The molecule has 5 nitrogen and oxygen atoms in total. The molecule has 0 bridgehead atoms. The highest BCUT2D eigenvalue weighted by molar-refractivity contribution is 8.01. The third-order valence-corrected chi connectivity index (χ3v) is 5.66. The highest BCUT2D eigenvalue weighted by Gasteiger charge is 2.11. The minimum absolute atomic E-state index is 0.0311. The van der Waals surface area contributed by atoms with Crippen LogP contribution in [-0.4, -0.2) is 36.8 Å². The lowest BCUT2D eigenvalue weighted by atomic mass is 10.2. The maximum Gasteiger partial charge on any atom is 0.248 e. The molecule has 0 fully saturated rings. The molecule has 0 saturated heterocycles. The maximum absolute atomic E-state index is 11.9.